The lowest BCUT2D eigenvalue weighted by atomic mass is 10.1. The van der Waals surface area contributed by atoms with Crippen LogP contribution in [0, 0.1) is 10.1 Å². The first kappa shape index (κ1) is 21.8. The lowest BCUT2D eigenvalue weighted by Gasteiger charge is -2.13. The van der Waals surface area contributed by atoms with E-state index in [0.29, 0.717) is 22.7 Å². The molecule has 0 heterocycles. The molecule has 1 N–H and O–H groups in total. The molecule has 8 nitrogen and oxygen atoms in total. The predicted molar refractivity (Wildman–Crippen MR) is 116 cm³/mol. The molecule has 0 fully saturated rings. The summed E-state index contributed by atoms with van der Waals surface area (Å²) in [6.07, 6.45) is 1.51. The SMILES string of the molecule is COc1cccc(C=Nc2ccc(Cl)c([N+](=O)[O-])c2)c1OCc1ccc(C(=O)O)cc1. The van der Waals surface area contributed by atoms with Gasteiger partial charge in [-0.15, -0.1) is 0 Å². The van der Waals surface area contributed by atoms with E-state index < -0.39 is 10.9 Å². The highest BCUT2D eigenvalue weighted by Gasteiger charge is 2.13. The van der Waals surface area contributed by atoms with Gasteiger partial charge in [0.1, 0.15) is 11.6 Å². The monoisotopic (exact) mass is 440 g/mol. The molecule has 3 aromatic rings. The van der Waals surface area contributed by atoms with Crippen molar-refractivity contribution < 1.29 is 24.3 Å². The number of aromatic carboxylic acids is 1. The number of rotatable bonds is 8. The van der Waals surface area contributed by atoms with Gasteiger partial charge in [-0.2, -0.15) is 0 Å². The smallest absolute Gasteiger partial charge is 0.335 e. The Labute approximate surface area is 182 Å². The van der Waals surface area contributed by atoms with Crippen LogP contribution < -0.4 is 9.47 Å². The van der Waals surface area contributed by atoms with Crippen LogP contribution in [0.2, 0.25) is 5.02 Å². The number of carboxylic acid groups (broad SMARTS) is 1. The molecular weight excluding hydrogens is 424 g/mol. The number of carboxylic acids is 1. The number of nitro benzene ring substituents is 1. The van der Waals surface area contributed by atoms with Crippen molar-refractivity contribution in [1.82, 2.24) is 0 Å². The maximum atomic E-state index is 11.1. The van der Waals surface area contributed by atoms with Gasteiger partial charge in [0.05, 0.1) is 23.3 Å². The van der Waals surface area contributed by atoms with E-state index >= 15 is 0 Å². The molecule has 9 heteroatoms. The summed E-state index contributed by atoms with van der Waals surface area (Å²) in [6.45, 7) is 0.174. The fourth-order valence-electron chi connectivity index (χ4n) is 2.71. The Morgan fingerprint density at radius 2 is 1.94 bits per heavy atom. The van der Waals surface area contributed by atoms with E-state index in [4.69, 9.17) is 26.2 Å². The zero-order chi connectivity index (χ0) is 22.4. The minimum absolute atomic E-state index is 0.0308. The standard InChI is InChI=1S/C22H17ClN2O6/c1-30-20-4-2-3-16(12-24-17-9-10-18(23)19(11-17)25(28)29)21(20)31-13-14-5-7-15(8-6-14)22(26)27/h2-12H,13H2,1H3,(H,26,27). The van der Waals surface area contributed by atoms with Crippen LogP contribution in [0.5, 0.6) is 11.5 Å². The lowest BCUT2D eigenvalue weighted by molar-refractivity contribution is -0.384. The first-order valence-electron chi connectivity index (χ1n) is 8.99. The number of aliphatic imine (C=N–C) groups is 1. The number of para-hydroxylation sites is 1. The van der Waals surface area contributed by atoms with Gasteiger partial charge in [-0.05, 0) is 42.0 Å². The zero-order valence-corrected chi connectivity index (χ0v) is 17.1. The molecule has 0 aromatic heterocycles. The van der Waals surface area contributed by atoms with E-state index in [1.54, 1.807) is 36.4 Å². The van der Waals surface area contributed by atoms with E-state index in [1.807, 2.05) is 0 Å². The summed E-state index contributed by atoms with van der Waals surface area (Å²) in [7, 11) is 1.51. The van der Waals surface area contributed by atoms with Crippen LogP contribution in [0.15, 0.2) is 65.7 Å². The molecule has 3 rings (SSSR count). The molecule has 0 aliphatic carbocycles. The lowest BCUT2D eigenvalue weighted by Crippen LogP contribution is -2.02. The number of nitrogens with zero attached hydrogens (tertiary/aromatic N) is 2. The van der Waals surface area contributed by atoms with Crippen LogP contribution >= 0.6 is 11.6 Å². The molecule has 0 atom stereocenters. The Kier molecular flexibility index (Phi) is 6.84. The van der Waals surface area contributed by atoms with E-state index in [0.717, 1.165) is 5.56 Å². The first-order valence-corrected chi connectivity index (χ1v) is 9.37. The van der Waals surface area contributed by atoms with Gasteiger partial charge >= 0.3 is 5.97 Å². The minimum Gasteiger partial charge on any atom is -0.493 e. The van der Waals surface area contributed by atoms with Crippen molar-refractivity contribution in [3.63, 3.8) is 0 Å². The number of hydrogen-bond acceptors (Lipinski definition) is 6. The van der Waals surface area contributed by atoms with Gasteiger partial charge in [0.2, 0.25) is 0 Å². The summed E-state index contributed by atoms with van der Waals surface area (Å²) in [5.41, 5.74) is 1.68. The Balaban J connectivity index is 1.85. The molecule has 0 spiro atoms. The van der Waals surface area contributed by atoms with Crippen LogP contribution in [0.25, 0.3) is 0 Å². The third-order valence-corrected chi connectivity index (χ3v) is 4.61. The maximum Gasteiger partial charge on any atom is 0.335 e. The molecule has 0 aliphatic rings. The third kappa shape index (κ3) is 5.37. The summed E-state index contributed by atoms with van der Waals surface area (Å²) in [4.78, 5) is 25.8. The molecule has 31 heavy (non-hydrogen) atoms. The fourth-order valence-corrected chi connectivity index (χ4v) is 2.90. The number of carbonyl (C=O) groups is 1. The molecule has 0 bridgehead atoms. The van der Waals surface area contributed by atoms with Crippen molar-refractivity contribution in [1.29, 1.82) is 0 Å². The van der Waals surface area contributed by atoms with Gasteiger partial charge in [0.25, 0.3) is 5.69 Å². The summed E-state index contributed by atoms with van der Waals surface area (Å²) in [6, 6.07) is 15.8. The molecular formula is C22H17ClN2O6. The number of methoxy groups -OCH3 is 1. The van der Waals surface area contributed by atoms with Crippen molar-refractivity contribution in [3.8, 4) is 11.5 Å². The molecule has 0 unspecified atom stereocenters. The Hall–Kier alpha value is -3.91. The third-order valence-electron chi connectivity index (χ3n) is 4.29. The fraction of sp³-hybridized carbons (Fsp3) is 0.0909. The first-order chi connectivity index (χ1) is 14.9. The van der Waals surface area contributed by atoms with Gasteiger partial charge in [0.15, 0.2) is 11.5 Å². The second kappa shape index (κ2) is 9.73. The number of hydrogen-bond donors (Lipinski definition) is 1. The zero-order valence-electron chi connectivity index (χ0n) is 16.3. The summed E-state index contributed by atoms with van der Waals surface area (Å²) in [5.74, 6) is -0.0918. The largest absolute Gasteiger partial charge is 0.493 e. The van der Waals surface area contributed by atoms with Gasteiger partial charge in [-0.1, -0.05) is 29.8 Å². The van der Waals surface area contributed by atoms with Crippen molar-refractivity contribution in [2.24, 2.45) is 4.99 Å². The van der Waals surface area contributed by atoms with Crippen molar-refractivity contribution in [2.75, 3.05) is 7.11 Å². The van der Waals surface area contributed by atoms with Crippen molar-refractivity contribution in [3.05, 3.63) is 92.5 Å². The van der Waals surface area contributed by atoms with E-state index in [9.17, 15) is 14.9 Å². The topological polar surface area (TPSA) is 111 Å². The molecule has 0 amide bonds. The van der Waals surface area contributed by atoms with Crippen LogP contribution in [-0.2, 0) is 6.61 Å². The number of benzene rings is 3. The number of nitro groups is 1. The highest BCUT2D eigenvalue weighted by atomic mass is 35.5. The second-order valence-electron chi connectivity index (χ2n) is 6.32. The average Bonchev–Trinajstić information content (AvgIpc) is 2.77. The summed E-state index contributed by atoms with van der Waals surface area (Å²) < 4.78 is 11.3. The number of ether oxygens (including phenoxy) is 2. The number of halogens is 1. The second-order valence-corrected chi connectivity index (χ2v) is 6.73. The molecule has 3 aromatic carbocycles. The Morgan fingerprint density at radius 1 is 1.19 bits per heavy atom. The van der Waals surface area contributed by atoms with Gasteiger partial charge in [-0.3, -0.25) is 15.1 Å². The van der Waals surface area contributed by atoms with E-state index in [1.165, 1.54) is 37.6 Å². The average molecular weight is 441 g/mol. The van der Waals surface area contributed by atoms with Gasteiger partial charge in [-0.25, -0.2) is 4.79 Å². The van der Waals surface area contributed by atoms with E-state index in [2.05, 4.69) is 4.99 Å². The van der Waals surface area contributed by atoms with Crippen LogP contribution in [0.1, 0.15) is 21.5 Å². The van der Waals surface area contributed by atoms with Crippen molar-refractivity contribution >= 4 is 35.2 Å². The molecule has 158 valence electrons. The molecule has 0 saturated heterocycles. The van der Waals surface area contributed by atoms with Crippen molar-refractivity contribution in [2.45, 2.75) is 6.61 Å². The Bertz CT molecular complexity index is 1150. The maximum absolute atomic E-state index is 11.1. The Morgan fingerprint density at radius 3 is 2.58 bits per heavy atom. The highest BCUT2D eigenvalue weighted by molar-refractivity contribution is 6.32. The van der Waals surface area contributed by atoms with E-state index in [-0.39, 0.29) is 22.9 Å². The summed E-state index contributed by atoms with van der Waals surface area (Å²) >= 11 is 5.84. The normalized spacial score (nSPS) is 10.8. The molecule has 0 radical (unpaired) electrons. The quantitative estimate of drug-likeness (QED) is 0.289. The van der Waals surface area contributed by atoms with Crippen LogP contribution in [0.3, 0.4) is 0 Å². The van der Waals surface area contributed by atoms with Crippen LogP contribution in [-0.4, -0.2) is 29.3 Å². The van der Waals surface area contributed by atoms with Gasteiger partial charge < -0.3 is 14.6 Å². The van der Waals surface area contributed by atoms with Gasteiger partial charge in [0, 0.05) is 17.8 Å². The summed E-state index contributed by atoms with van der Waals surface area (Å²) in [5, 5.41) is 20.1. The minimum atomic E-state index is -1.00. The molecule has 0 aliphatic heterocycles. The molecule has 0 saturated carbocycles. The predicted octanol–water partition coefficient (Wildman–Crippen LogP) is 5.28. The highest BCUT2D eigenvalue weighted by Crippen LogP contribution is 2.32. The van der Waals surface area contributed by atoms with Crippen LogP contribution in [0.4, 0.5) is 11.4 Å².